The van der Waals surface area contributed by atoms with Crippen LogP contribution >= 0.6 is 0 Å². The first-order valence-electron chi connectivity index (χ1n) is 3.60. The topological polar surface area (TPSA) is 17.1 Å². The van der Waals surface area contributed by atoms with Gasteiger partial charge in [-0.25, -0.2) is 0 Å². The molecule has 9 heavy (non-hydrogen) atoms. The number of carbonyl (C=O) groups is 1. The van der Waals surface area contributed by atoms with Crippen LogP contribution in [-0.4, -0.2) is 5.78 Å². The zero-order chi connectivity index (χ0) is 6.01. The molecule has 4 atom stereocenters. The van der Waals surface area contributed by atoms with Crippen molar-refractivity contribution in [3.8, 4) is 0 Å². The Morgan fingerprint density at radius 2 is 2.33 bits per heavy atom. The Balaban J connectivity index is 2.09. The summed E-state index contributed by atoms with van der Waals surface area (Å²) in [5, 5.41) is 0. The number of rotatable bonds is 0. The fraction of sp³-hybridized carbons (Fsp3) is 0.625. The van der Waals surface area contributed by atoms with E-state index in [1.165, 1.54) is 6.42 Å². The molecule has 0 aromatic carbocycles. The molecule has 0 unspecified atom stereocenters. The van der Waals surface area contributed by atoms with Crippen LogP contribution in [-0.2, 0) is 4.79 Å². The molecule has 3 aliphatic carbocycles. The van der Waals surface area contributed by atoms with Gasteiger partial charge in [-0.2, -0.15) is 0 Å². The molecular weight excluding hydrogens is 112 g/mol. The molecule has 0 amide bonds. The van der Waals surface area contributed by atoms with Gasteiger partial charge >= 0.3 is 0 Å². The van der Waals surface area contributed by atoms with Crippen LogP contribution < -0.4 is 0 Å². The van der Waals surface area contributed by atoms with Crippen LogP contribution in [0.4, 0.5) is 0 Å². The largest absolute Gasteiger partial charge is 0.299 e. The second-order valence-corrected chi connectivity index (χ2v) is 3.40. The van der Waals surface area contributed by atoms with Gasteiger partial charge in [0.15, 0.2) is 0 Å². The van der Waals surface area contributed by atoms with Gasteiger partial charge in [0.1, 0.15) is 5.78 Å². The van der Waals surface area contributed by atoms with E-state index in [9.17, 15) is 4.79 Å². The Morgan fingerprint density at radius 1 is 1.44 bits per heavy atom. The lowest BCUT2D eigenvalue weighted by atomic mass is 9.81. The zero-order valence-corrected chi connectivity index (χ0v) is 5.08. The maximum atomic E-state index is 11.2. The number of fused-ring (bicyclic) bond motifs is 3. The number of hydrogen-bond donors (Lipinski definition) is 0. The highest BCUT2D eigenvalue weighted by Crippen LogP contribution is 2.59. The second kappa shape index (κ2) is 1.00. The van der Waals surface area contributed by atoms with Gasteiger partial charge in [0.25, 0.3) is 0 Å². The molecule has 1 nitrogen and oxygen atoms in total. The first-order chi connectivity index (χ1) is 4.38. The SMILES string of the molecule is O=C1[C@H]2C=C[C@H]2[C@H]2C[C@@H]12. The van der Waals surface area contributed by atoms with Gasteiger partial charge in [0.05, 0.1) is 0 Å². The van der Waals surface area contributed by atoms with E-state index in [1.807, 2.05) is 0 Å². The highest BCUT2D eigenvalue weighted by molar-refractivity contribution is 5.92. The Morgan fingerprint density at radius 3 is 2.67 bits per heavy atom. The Bertz CT molecular complexity index is 217. The molecule has 3 aliphatic rings. The van der Waals surface area contributed by atoms with Crippen molar-refractivity contribution < 1.29 is 4.79 Å². The summed E-state index contributed by atoms with van der Waals surface area (Å²) >= 11 is 0. The van der Waals surface area contributed by atoms with E-state index < -0.39 is 0 Å². The normalized spacial score (nSPS) is 58.4. The standard InChI is InChI=1S/C8H8O/c9-8-5-2-1-4(5)6-3-7(6)8/h1-2,4-7H,3H2/t4-,5+,6-,7-/m1/s1. The Hall–Kier alpha value is -0.590. The molecular formula is C8H8O. The van der Waals surface area contributed by atoms with E-state index in [4.69, 9.17) is 0 Å². The van der Waals surface area contributed by atoms with E-state index in [1.54, 1.807) is 0 Å². The fourth-order valence-electron chi connectivity index (χ4n) is 2.26. The third kappa shape index (κ3) is 0.311. The van der Waals surface area contributed by atoms with Crippen molar-refractivity contribution in [2.24, 2.45) is 23.7 Å². The third-order valence-corrected chi connectivity index (χ3v) is 2.98. The highest BCUT2D eigenvalue weighted by Gasteiger charge is 2.60. The molecule has 0 aromatic heterocycles. The van der Waals surface area contributed by atoms with Gasteiger partial charge in [-0.05, 0) is 18.3 Å². The average molecular weight is 120 g/mol. The predicted molar refractivity (Wildman–Crippen MR) is 32.7 cm³/mol. The van der Waals surface area contributed by atoms with E-state index >= 15 is 0 Å². The van der Waals surface area contributed by atoms with Crippen LogP contribution in [0.5, 0.6) is 0 Å². The van der Waals surface area contributed by atoms with Crippen LogP contribution in [0.25, 0.3) is 0 Å². The molecule has 1 heteroatoms. The lowest BCUT2D eigenvalue weighted by Crippen LogP contribution is -2.22. The molecule has 2 fully saturated rings. The molecule has 0 heterocycles. The van der Waals surface area contributed by atoms with Crippen molar-refractivity contribution in [2.45, 2.75) is 6.42 Å². The van der Waals surface area contributed by atoms with Gasteiger partial charge in [0.2, 0.25) is 0 Å². The summed E-state index contributed by atoms with van der Waals surface area (Å²) in [6, 6.07) is 0. The minimum Gasteiger partial charge on any atom is -0.299 e. The first kappa shape index (κ1) is 4.26. The quantitative estimate of drug-likeness (QED) is 0.436. The van der Waals surface area contributed by atoms with Gasteiger partial charge < -0.3 is 0 Å². The molecule has 0 bridgehead atoms. The lowest BCUT2D eigenvalue weighted by Gasteiger charge is -2.22. The minimum atomic E-state index is 0.369. The van der Waals surface area contributed by atoms with Crippen LogP contribution in [0.2, 0.25) is 0 Å². The number of allylic oxidation sites excluding steroid dienone is 2. The first-order valence-corrected chi connectivity index (χ1v) is 3.60. The van der Waals surface area contributed by atoms with Crippen LogP contribution in [0.15, 0.2) is 12.2 Å². The number of ketones is 1. The maximum absolute atomic E-state index is 11.2. The zero-order valence-electron chi connectivity index (χ0n) is 5.08. The summed E-state index contributed by atoms with van der Waals surface area (Å²) in [6.45, 7) is 0. The molecule has 2 saturated carbocycles. The number of carbonyl (C=O) groups excluding carboxylic acids is 1. The smallest absolute Gasteiger partial charge is 0.143 e. The van der Waals surface area contributed by atoms with Gasteiger partial charge in [-0.3, -0.25) is 4.79 Å². The van der Waals surface area contributed by atoms with Gasteiger partial charge in [-0.15, -0.1) is 0 Å². The summed E-state index contributed by atoms with van der Waals surface area (Å²) in [6.07, 6.45) is 5.48. The maximum Gasteiger partial charge on any atom is 0.143 e. The summed E-state index contributed by atoms with van der Waals surface area (Å²) in [5.41, 5.74) is 0. The fourth-order valence-corrected chi connectivity index (χ4v) is 2.26. The van der Waals surface area contributed by atoms with Crippen LogP contribution in [0, 0.1) is 23.7 Å². The van der Waals surface area contributed by atoms with E-state index in [2.05, 4.69) is 12.2 Å². The van der Waals surface area contributed by atoms with Crippen molar-refractivity contribution in [2.75, 3.05) is 0 Å². The lowest BCUT2D eigenvalue weighted by molar-refractivity contribution is -0.122. The van der Waals surface area contributed by atoms with Crippen molar-refractivity contribution in [1.82, 2.24) is 0 Å². The molecule has 0 aliphatic heterocycles. The molecule has 0 spiro atoms. The Labute approximate surface area is 53.7 Å². The van der Waals surface area contributed by atoms with E-state index in [0.29, 0.717) is 23.5 Å². The monoisotopic (exact) mass is 120 g/mol. The number of hydrogen-bond acceptors (Lipinski definition) is 1. The molecule has 3 rings (SSSR count). The van der Waals surface area contributed by atoms with Crippen molar-refractivity contribution in [3.63, 3.8) is 0 Å². The Kier molecular flexibility index (Phi) is 0.476. The number of Topliss-reactive ketones (excluding diaryl/α,β-unsaturated/α-hetero) is 1. The van der Waals surface area contributed by atoms with E-state index in [-0.39, 0.29) is 0 Å². The molecule has 0 saturated heterocycles. The molecule has 0 N–H and O–H groups in total. The summed E-state index contributed by atoms with van der Waals surface area (Å²) in [4.78, 5) is 11.2. The van der Waals surface area contributed by atoms with Gasteiger partial charge in [-0.1, -0.05) is 12.2 Å². The van der Waals surface area contributed by atoms with Crippen LogP contribution in [0.3, 0.4) is 0 Å². The molecule has 0 radical (unpaired) electrons. The van der Waals surface area contributed by atoms with Crippen molar-refractivity contribution in [1.29, 1.82) is 0 Å². The highest BCUT2D eigenvalue weighted by atomic mass is 16.1. The molecule has 46 valence electrons. The minimum absolute atomic E-state index is 0.369. The van der Waals surface area contributed by atoms with E-state index in [0.717, 1.165) is 5.92 Å². The molecule has 0 aromatic rings. The third-order valence-electron chi connectivity index (χ3n) is 2.98. The van der Waals surface area contributed by atoms with Crippen LogP contribution in [0.1, 0.15) is 6.42 Å². The summed E-state index contributed by atoms with van der Waals surface area (Å²) in [7, 11) is 0. The summed E-state index contributed by atoms with van der Waals surface area (Å²) < 4.78 is 0. The van der Waals surface area contributed by atoms with Crippen molar-refractivity contribution in [3.05, 3.63) is 12.2 Å². The second-order valence-electron chi connectivity index (χ2n) is 3.40. The van der Waals surface area contributed by atoms with Crippen molar-refractivity contribution >= 4 is 5.78 Å². The predicted octanol–water partition coefficient (Wildman–Crippen LogP) is 1.01. The summed E-state index contributed by atoms with van der Waals surface area (Å²) in [5.74, 6) is 2.87. The van der Waals surface area contributed by atoms with Gasteiger partial charge in [0, 0.05) is 11.8 Å². The average Bonchev–Trinajstić information content (AvgIpc) is 2.38.